The number of aliphatic hydroxyl groups excluding tert-OH is 1. The minimum Gasteiger partial charge on any atom is -0.396 e. The van der Waals surface area contributed by atoms with Crippen LogP contribution in [-0.2, 0) is 6.42 Å². The lowest BCUT2D eigenvalue weighted by Crippen LogP contribution is -2.11. The van der Waals surface area contributed by atoms with Crippen molar-refractivity contribution in [2.75, 3.05) is 6.61 Å². The second kappa shape index (κ2) is 3.64. The average molecular weight is 204 g/mol. The minimum absolute atomic E-state index is 0.229. The van der Waals surface area contributed by atoms with Crippen molar-refractivity contribution in [3.8, 4) is 0 Å². The minimum atomic E-state index is 0.229. The quantitative estimate of drug-likeness (QED) is 0.802. The molecule has 1 N–H and O–H groups in total. The summed E-state index contributed by atoms with van der Waals surface area (Å²) in [5.74, 6) is 0. The van der Waals surface area contributed by atoms with Gasteiger partial charge in [-0.3, -0.25) is 0 Å². The molecule has 2 rings (SSSR count). The van der Waals surface area contributed by atoms with E-state index in [-0.39, 0.29) is 5.41 Å². The molecule has 0 radical (unpaired) electrons. The maximum atomic E-state index is 9.33. The van der Waals surface area contributed by atoms with Gasteiger partial charge in [-0.1, -0.05) is 12.1 Å². The summed E-state index contributed by atoms with van der Waals surface area (Å²) in [6.07, 6.45) is 3.43. The zero-order valence-electron chi connectivity index (χ0n) is 9.93. The monoisotopic (exact) mass is 204 g/mol. The Morgan fingerprint density at radius 2 is 1.80 bits per heavy atom. The summed E-state index contributed by atoms with van der Waals surface area (Å²) in [5.41, 5.74) is 5.83. The zero-order chi connectivity index (χ0) is 11.1. The summed E-state index contributed by atoms with van der Waals surface area (Å²) < 4.78 is 0. The van der Waals surface area contributed by atoms with E-state index in [9.17, 15) is 5.11 Å². The third kappa shape index (κ3) is 1.93. The van der Waals surface area contributed by atoms with Gasteiger partial charge in [-0.05, 0) is 67.7 Å². The molecule has 0 bridgehead atoms. The molecular weight excluding hydrogens is 184 g/mol. The molecule has 1 aliphatic rings. The second-order valence-corrected chi connectivity index (χ2v) is 5.13. The van der Waals surface area contributed by atoms with E-state index in [1.165, 1.54) is 35.1 Å². The van der Waals surface area contributed by atoms with Gasteiger partial charge in [0.25, 0.3) is 0 Å². The van der Waals surface area contributed by atoms with E-state index in [4.69, 9.17) is 0 Å². The van der Waals surface area contributed by atoms with Gasteiger partial charge in [0.2, 0.25) is 0 Å². The van der Waals surface area contributed by atoms with Crippen LogP contribution in [0.5, 0.6) is 0 Å². The summed E-state index contributed by atoms with van der Waals surface area (Å²) in [5, 5.41) is 9.33. The fourth-order valence-corrected chi connectivity index (χ4v) is 2.18. The number of aliphatic hydroxyl groups is 1. The first-order valence-corrected chi connectivity index (χ1v) is 5.74. The van der Waals surface area contributed by atoms with Crippen molar-refractivity contribution >= 4 is 0 Å². The largest absolute Gasteiger partial charge is 0.396 e. The van der Waals surface area contributed by atoms with Crippen LogP contribution in [0, 0.1) is 26.2 Å². The van der Waals surface area contributed by atoms with Crippen LogP contribution < -0.4 is 0 Å². The van der Waals surface area contributed by atoms with Crippen molar-refractivity contribution in [3.05, 3.63) is 34.4 Å². The zero-order valence-corrected chi connectivity index (χ0v) is 9.93. The number of benzene rings is 1. The van der Waals surface area contributed by atoms with Gasteiger partial charge in [-0.2, -0.15) is 0 Å². The highest BCUT2D eigenvalue weighted by Crippen LogP contribution is 2.48. The highest BCUT2D eigenvalue weighted by molar-refractivity contribution is 5.39. The van der Waals surface area contributed by atoms with Gasteiger partial charge in [0.1, 0.15) is 0 Å². The lowest BCUT2D eigenvalue weighted by Gasteiger charge is -2.16. The molecule has 1 aromatic rings. The van der Waals surface area contributed by atoms with E-state index in [2.05, 4.69) is 32.9 Å². The van der Waals surface area contributed by atoms with Crippen LogP contribution in [-0.4, -0.2) is 11.7 Å². The van der Waals surface area contributed by atoms with E-state index in [1.807, 2.05) is 0 Å². The Labute approximate surface area is 92.1 Å². The Balaban J connectivity index is 2.26. The third-order valence-corrected chi connectivity index (χ3v) is 4.03. The van der Waals surface area contributed by atoms with Gasteiger partial charge >= 0.3 is 0 Å². The highest BCUT2D eigenvalue weighted by Gasteiger charge is 2.42. The van der Waals surface area contributed by atoms with Gasteiger partial charge in [0, 0.05) is 6.61 Å². The predicted octanol–water partition coefficient (Wildman–Crippen LogP) is 2.93. The summed E-state index contributed by atoms with van der Waals surface area (Å²) >= 11 is 0. The van der Waals surface area contributed by atoms with E-state index in [1.54, 1.807) is 0 Å². The van der Waals surface area contributed by atoms with Crippen molar-refractivity contribution < 1.29 is 5.11 Å². The van der Waals surface area contributed by atoms with Crippen LogP contribution >= 0.6 is 0 Å². The third-order valence-electron chi connectivity index (χ3n) is 4.03. The summed E-state index contributed by atoms with van der Waals surface area (Å²) in [7, 11) is 0. The summed E-state index contributed by atoms with van der Waals surface area (Å²) in [6, 6.07) is 4.43. The Morgan fingerprint density at radius 1 is 1.13 bits per heavy atom. The number of hydrogen-bond donors (Lipinski definition) is 1. The van der Waals surface area contributed by atoms with E-state index < -0.39 is 0 Å². The highest BCUT2D eigenvalue weighted by atomic mass is 16.3. The van der Waals surface area contributed by atoms with Crippen LogP contribution in [0.2, 0.25) is 0 Å². The summed E-state index contributed by atoms with van der Waals surface area (Å²) in [4.78, 5) is 0. The fraction of sp³-hybridized carbons (Fsp3) is 0.571. The molecule has 1 heteroatoms. The van der Waals surface area contributed by atoms with Crippen LogP contribution in [0.1, 0.15) is 35.1 Å². The molecular formula is C14H20O. The van der Waals surface area contributed by atoms with Crippen molar-refractivity contribution in [3.63, 3.8) is 0 Å². The van der Waals surface area contributed by atoms with Crippen LogP contribution in [0.15, 0.2) is 12.1 Å². The molecule has 0 aliphatic heterocycles. The molecule has 82 valence electrons. The normalized spacial score (nSPS) is 17.9. The van der Waals surface area contributed by atoms with Crippen LogP contribution in [0.25, 0.3) is 0 Å². The first kappa shape index (κ1) is 10.7. The van der Waals surface area contributed by atoms with E-state index in [0.717, 1.165) is 6.42 Å². The second-order valence-electron chi connectivity index (χ2n) is 5.13. The summed E-state index contributed by atoms with van der Waals surface area (Å²) in [6.45, 7) is 6.89. The number of hydrogen-bond acceptors (Lipinski definition) is 1. The SMILES string of the molecule is Cc1ccc(CC2(CO)CC2)c(C)c1C. The van der Waals surface area contributed by atoms with Gasteiger partial charge in [-0.25, -0.2) is 0 Å². The molecule has 0 atom stereocenters. The van der Waals surface area contributed by atoms with Crippen molar-refractivity contribution in [2.45, 2.75) is 40.0 Å². The average Bonchev–Trinajstić information content (AvgIpc) is 3.00. The number of aryl methyl sites for hydroxylation is 1. The molecule has 1 aromatic carbocycles. The van der Waals surface area contributed by atoms with Crippen LogP contribution in [0.4, 0.5) is 0 Å². The van der Waals surface area contributed by atoms with Crippen molar-refractivity contribution in [2.24, 2.45) is 5.41 Å². The molecule has 0 aromatic heterocycles. The lowest BCUT2D eigenvalue weighted by molar-refractivity contribution is 0.211. The van der Waals surface area contributed by atoms with Crippen LogP contribution in [0.3, 0.4) is 0 Å². The molecule has 0 saturated heterocycles. The van der Waals surface area contributed by atoms with Gasteiger partial charge in [0.05, 0.1) is 0 Å². The molecule has 0 amide bonds. The predicted molar refractivity (Wildman–Crippen MR) is 63.1 cm³/mol. The first-order valence-electron chi connectivity index (χ1n) is 5.74. The fourth-order valence-electron chi connectivity index (χ4n) is 2.18. The first-order chi connectivity index (χ1) is 7.08. The Kier molecular flexibility index (Phi) is 2.59. The maximum Gasteiger partial charge on any atom is 0.0490 e. The molecule has 1 aliphatic carbocycles. The molecule has 0 heterocycles. The number of rotatable bonds is 3. The van der Waals surface area contributed by atoms with Gasteiger partial charge in [-0.15, -0.1) is 0 Å². The van der Waals surface area contributed by atoms with Gasteiger partial charge < -0.3 is 5.11 Å². The molecule has 0 unspecified atom stereocenters. The smallest absolute Gasteiger partial charge is 0.0490 e. The standard InChI is InChI=1S/C14H20O/c1-10-4-5-13(12(3)11(10)2)8-14(9-15)6-7-14/h4-5,15H,6-9H2,1-3H3. The Bertz CT molecular complexity index is 375. The molecule has 1 saturated carbocycles. The molecule has 1 nitrogen and oxygen atoms in total. The Morgan fingerprint density at radius 3 is 2.33 bits per heavy atom. The Hall–Kier alpha value is -0.820. The topological polar surface area (TPSA) is 20.2 Å². The lowest BCUT2D eigenvalue weighted by atomic mass is 9.90. The van der Waals surface area contributed by atoms with Crippen molar-refractivity contribution in [1.82, 2.24) is 0 Å². The van der Waals surface area contributed by atoms with E-state index >= 15 is 0 Å². The van der Waals surface area contributed by atoms with Gasteiger partial charge in [0.15, 0.2) is 0 Å². The molecule has 15 heavy (non-hydrogen) atoms. The maximum absolute atomic E-state index is 9.33. The van der Waals surface area contributed by atoms with Crippen molar-refractivity contribution in [1.29, 1.82) is 0 Å². The molecule has 1 fully saturated rings. The van der Waals surface area contributed by atoms with E-state index in [0.29, 0.717) is 6.61 Å². The molecule has 0 spiro atoms.